The minimum absolute atomic E-state index is 0.198. The Kier molecular flexibility index (Phi) is 6.89. The van der Waals surface area contributed by atoms with Crippen LogP contribution in [0, 0.1) is 18.7 Å². The monoisotopic (exact) mass is 473 g/mol. The molecule has 0 N–H and O–H groups in total. The van der Waals surface area contributed by atoms with Crippen molar-refractivity contribution in [3.05, 3.63) is 94.8 Å². The minimum atomic E-state index is -0.204. The summed E-state index contributed by atoms with van der Waals surface area (Å²) in [7, 11) is 3.35. The average molecular weight is 474 g/mol. The minimum Gasteiger partial charge on any atom is -0.488 e. The molecule has 0 radical (unpaired) electrons. The van der Waals surface area contributed by atoms with Gasteiger partial charge in [-0.1, -0.05) is 48.5 Å². The third-order valence-corrected chi connectivity index (χ3v) is 7.17. The lowest BCUT2D eigenvalue weighted by atomic mass is 9.87. The molecular formula is C30H32FNO3. The summed E-state index contributed by atoms with van der Waals surface area (Å²) >= 11 is 0. The van der Waals surface area contributed by atoms with E-state index in [0.29, 0.717) is 18.2 Å². The Bertz CT molecular complexity index is 1210. The summed E-state index contributed by atoms with van der Waals surface area (Å²) in [6.07, 6.45) is 1.60. The van der Waals surface area contributed by atoms with Crippen LogP contribution in [-0.2, 0) is 9.47 Å². The fourth-order valence-electron chi connectivity index (χ4n) is 5.35. The standard InChI is InChI=1S/C30H32FNO3/c1-20-9-11-24-28(17-20)35-19-25(21-7-5-4-6-8-21)29(24)23-10-12-27(26(31)18-23)32-15-13-22(14-16-32)30(33-2)34-3/h4-12,17-18,22,30H,13-16,19H2,1-3H3. The Labute approximate surface area is 206 Å². The van der Waals surface area contributed by atoms with Gasteiger partial charge in [-0.05, 0) is 60.2 Å². The highest BCUT2D eigenvalue weighted by Crippen LogP contribution is 2.42. The summed E-state index contributed by atoms with van der Waals surface area (Å²) in [6, 6.07) is 22.1. The largest absolute Gasteiger partial charge is 0.488 e. The number of aryl methyl sites for hydroxylation is 1. The van der Waals surface area contributed by atoms with Crippen molar-refractivity contribution in [1.82, 2.24) is 0 Å². The third-order valence-electron chi connectivity index (χ3n) is 7.17. The lowest BCUT2D eigenvalue weighted by molar-refractivity contribution is -0.141. The zero-order valence-electron chi connectivity index (χ0n) is 20.6. The molecule has 0 amide bonds. The molecule has 0 atom stereocenters. The summed E-state index contributed by atoms with van der Waals surface area (Å²) in [5.74, 6) is 0.970. The molecule has 1 fully saturated rings. The molecule has 2 aliphatic rings. The first-order valence-corrected chi connectivity index (χ1v) is 12.2. The normalized spacial score (nSPS) is 16.4. The highest BCUT2D eigenvalue weighted by molar-refractivity contribution is 6.01. The van der Waals surface area contributed by atoms with Gasteiger partial charge < -0.3 is 19.1 Å². The van der Waals surface area contributed by atoms with E-state index < -0.39 is 0 Å². The zero-order valence-corrected chi connectivity index (χ0v) is 20.6. The second-order valence-electron chi connectivity index (χ2n) is 9.34. The van der Waals surface area contributed by atoms with Crippen molar-refractivity contribution in [3.63, 3.8) is 0 Å². The number of halogens is 1. The highest BCUT2D eigenvalue weighted by Gasteiger charge is 2.28. The highest BCUT2D eigenvalue weighted by atomic mass is 19.1. The molecule has 0 saturated carbocycles. The summed E-state index contributed by atoms with van der Waals surface area (Å²) in [4.78, 5) is 2.13. The number of piperidine rings is 1. The third kappa shape index (κ3) is 4.71. The molecule has 0 bridgehead atoms. The van der Waals surface area contributed by atoms with Gasteiger partial charge in [-0.3, -0.25) is 0 Å². The number of rotatable bonds is 6. The Morgan fingerprint density at radius 3 is 2.34 bits per heavy atom. The maximum atomic E-state index is 15.6. The van der Waals surface area contributed by atoms with E-state index in [9.17, 15) is 0 Å². The van der Waals surface area contributed by atoms with Crippen molar-refractivity contribution >= 4 is 16.8 Å². The van der Waals surface area contributed by atoms with Crippen molar-refractivity contribution < 1.29 is 18.6 Å². The first kappa shape index (κ1) is 23.6. The number of hydrogen-bond donors (Lipinski definition) is 0. The van der Waals surface area contributed by atoms with Gasteiger partial charge in [0.1, 0.15) is 18.2 Å². The predicted molar refractivity (Wildman–Crippen MR) is 138 cm³/mol. The summed E-state index contributed by atoms with van der Waals surface area (Å²) in [5.41, 5.74) is 6.85. The summed E-state index contributed by atoms with van der Waals surface area (Å²) in [5, 5.41) is 0. The van der Waals surface area contributed by atoms with Gasteiger partial charge in [-0.15, -0.1) is 0 Å². The molecule has 2 aliphatic heterocycles. The lowest BCUT2D eigenvalue weighted by Crippen LogP contribution is -2.39. The van der Waals surface area contributed by atoms with Crippen LogP contribution in [0.2, 0.25) is 0 Å². The first-order valence-electron chi connectivity index (χ1n) is 12.2. The number of anilines is 1. The van der Waals surface area contributed by atoms with Crippen LogP contribution in [0.5, 0.6) is 5.75 Å². The number of methoxy groups -OCH3 is 2. The van der Waals surface area contributed by atoms with Crippen molar-refractivity contribution in [3.8, 4) is 5.75 Å². The van der Waals surface area contributed by atoms with Gasteiger partial charge in [0, 0.05) is 44.4 Å². The van der Waals surface area contributed by atoms with E-state index in [-0.39, 0.29) is 12.1 Å². The Hall–Kier alpha value is -3.15. The molecule has 0 spiro atoms. The topological polar surface area (TPSA) is 30.9 Å². The maximum Gasteiger partial charge on any atom is 0.159 e. The van der Waals surface area contributed by atoms with Crippen molar-refractivity contribution in [2.45, 2.75) is 26.1 Å². The molecule has 0 unspecified atom stereocenters. The number of fused-ring (bicyclic) bond motifs is 1. The van der Waals surface area contributed by atoms with E-state index in [4.69, 9.17) is 14.2 Å². The molecule has 2 heterocycles. The van der Waals surface area contributed by atoms with E-state index in [1.807, 2.05) is 30.3 Å². The van der Waals surface area contributed by atoms with Gasteiger partial charge in [0.25, 0.3) is 0 Å². The Morgan fingerprint density at radius 1 is 0.914 bits per heavy atom. The van der Waals surface area contributed by atoms with E-state index in [1.54, 1.807) is 20.3 Å². The van der Waals surface area contributed by atoms with Crippen LogP contribution in [0.3, 0.4) is 0 Å². The fourth-order valence-corrected chi connectivity index (χ4v) is 5.35. The quantitative estimate of drug-likeness (QED) is 0.392. The van der Waals surface area contributed by atoms with Gasteiger partial charge in [-0.25, -0.2) is 4.39 Å². The number of hydrogen-bond acceptors (Lipinski definition) is 4. The maximum absolute atomic E-state index is 15.6. The van der Waals surface area contributed by atoms with E-state index in [2.05, 4.69) is 42.2 Å². The van der Waals surface area contributed by atoms with Crippen LogP contribution in [0.25, 0.3) is 11.1 Å². The van der Waals surface area contributed by atoms with Crippen LogP contribution in [0.15, 0.2) is 66.7 Å². The van der Waals surface area contributed by atoms with Gasteiger partial charge in [0.05, 0.1) is 5.69 Å². The van der Waals surface area contributed by atoms with Crippen LogP contribution in [0.1, 0.15) is 35.1 Å². The number of benzene rings is 3. The number of ether oxygens (including phenoxy) is 3. The van der Waals surface area contributed by atoms with Crippen LogP contribution in [0.4, 0.5) is 10.1 Å². The van der Waals surface area contributed by atoms with Gasteiger partial charge in [-0.2, -0.15) is 0 Å². The van der Waals surface area contributed by atoms with Gasteiger partial charge in [0.2, 0.25) is 0 Å². The fraction of sp³-hybridized carbons (Fsp3) is 0.333. The molecule has 1 saturated heterocycles. The van der Waals surface area contributed by atoms with E-state index >= 15 is 4.39 Å². The summed E-state index contributed by atoms with van der Waals surface area (Å²) < 4.78 is 32.6. The van der Waals surface area contributed by atoms with Crippen LogP contribution in [-0.4, -0.2) is 40.2 Å². The molecular weight excluding hydrogens is 441 g/mol. The lowest BCUT2D eigenvalue weighted by Gasteiger charge is -2.36. The molecule has 0 aromatic heterocycles. The molecule has 35 heavy (non-hydrogen) atoms. The molecule has 182 valence electrons. The summed E-state index contributed by atoms with van der Waals surface area (Å²) in [6.45, 7) is 4.06. The van der Waals surface area contributed by atoms with Crippen LogP contribution < -0.4 is 9.64 Å². The SMILES string of the molecule is COC(OC)C1CCN(c2ccc(C3=C(c4ccccc4)COc4cc(C)ccc43)cc2F)CC1. The van der Waals surface area contributed by atoms with Crippen molar-refractivity contribution in [2.24, 2.45) is 5.92 Å². The van der Waals surface area contributed by atoms with E-state index in [0.717, 1.165) is 65.1 Å². The average Bonchev–Trinajstić information content (AvgIpc) is 2.89. The predicted octanol–water partition coefficient (Wildman–Crippen LogP) is 6.32. The molecule has 5 rings (SSSR count). The van der Waals surface area contributed by atoms with Crippen molar-refractivity contribution in [2.75, 3.05) is 38.8 Å². The van der Waals surface area contributed by atoms with E-state index in [1.165, 1.54) is 0 Å². The second kappa shape index (κ2) is 10.2. The Morgan fingerprint density at radius 2 is 1.66 bits per heavy atom. The molecule has 5 heteroatoms. The van der Waals surface area contributed by atoms with Crippen LogP contribution >= 0.6 is 0 Å². The van der Waals surface area contributed by atoms with Gasteiger partial charge in [0.15, 0.2) is 6.29 Å². The number of nitrogens with zero attached hydrogens (tertiary/aromatic N) is 1. The molecule has 0 aliphatic carbocycles. The Balaban J connectivity index is 1.49. The van der Waals surface area contributed by atoms with Crippen molar-refractivity contribution in [1.29, 1.82) is 0 Å². The molecule has 3 aromatic carbocycles. The second-order valence-corrected chi connectivity index (χ2v) is 9.34. The zero-order chi connectivity index (χ0) is 24.4. The molecule has 3 aromatic rings. The van der Waals surface area contributed by atoms with Gasteiger partial charge >= 0.3 is 0 Å². The first-order chi connectivity index (χ1) is 17.1. The smallest absolute Gasteiger partial charge is 0.159 e. The molecule has 4 nitrogen and oxygen atoms in total.